The largest absolute Gasteiger partial charge is 0.444 e. The molecule has 0 aromatic carbocycles. The maximum atomic E-state index is 11.7. The van der Waals surface area contributed by atoms with Gasteiger partial charge in [0.05, 0.1) is 6.04 Å². The quantitative estimate of drug-likeness (QED) is 0.928. The Morgan fingerprint density at radius 2 is 2.38 bits per heavy atom. The summed E-state index contributed by atoms with van der Waals surface area (Å²) in [5.41, 5.74) is -0.439. The first-order valence-electron chi connectivity index (χ1n) is 7.45. The molecule has 0 saturated carbocycles. The van der Waals surface area contributed by atoms with Crippen LogP contribution >= 0.6 is 11.3 Å². The van der Waals surface area contributed by atoms with E-state index in [1.165, 1.54) is 0 Å². The summed E-state index contributed by atoms with van der Waals surface area (Å²) in [4.78, 5) is 18.5. The summed E-state index contributed by atoms with van der Waals surface area (Å²) in [7, 11) is 0. The van der Waals surface area contributed by atoms with Crippen LogP contribution in [0, 0.1) is 5.92 Å². The standard InChI is InChI=1S/C15H25N3O2S/c1-11(13-16-6-8-21-13)18-7-5-12(10-18)9-17-14(19)20-15(2,3)4/h6,8,11-12H,5,7,9-10H2,1-4H3,(H,17,19)/t11-,12-/m0/s1. The lowest BCUT2D eigenvalue weighted by atomic mass is 10.1. The summed E-state index contributed by atoms with van der Waals surface area (Å²) in [5, 5.41) is 6.05. The number of hydrogen-bond acceptors (Lipinski definition) is 5. The van der Waals surface area contributed by atoms with Crippen LogP contribution in [0.15, 0.2) is 11.6 Å². The molecule has 0 unspecified atom stereocenters. The number of hydrogen-bond donors (Lipinski definition) is 1. The van der Waals surface area contributed by atoms with Crippen molar-refractivity contribution < 1.29 is 9.53 Å². The second-order valence-electron chi connectivity index (χ2n) is 6.58. The van der Waals surface area contributed by atoms with Crippen molar-refractivity contribution >= 4 is 17.4 Å². The van der Waals surface area contributed by atoms with E-state index >= 15 is 0 Å². The van der Waals surface area contributed by atoms with Crippen molar-refractivity contribution in [3.8, 4) is 0 Å². The van der Waals surface area contributed by atoms with Gasteiger partial charge in [-0.1, -0.05) is 0 Å². The Bertz CT molecular complexity index is 456. The van der Waals surface area contributed by atoms with Crippen LogP contribution in [0.1, 0.15) is 45.2 Å². The van der Waals surface area contributed by atoms with Crippen molar-refractivity contribution in [1.29, 1.82) is 0 Å². The second-order valence-corrected chi connectivity index (χ2v) is 7.50. The smallest absolute Gasteiger partial charge is 0.407 e. The zero-order valence-corrected chi connectivity index (χ0v) is 14.1. The highest BCUT2D eigenvalue weighted by atomic mass is 32.1. The van der Waals surface area contributed by atoms with E-state index in [4.69, 9.17) is 4.74 Å². The number of alkyl carbamates (subject to hydrolysis) is 1. The molecule has 2 atom stereocenters. The molecule has 0 bridgehead atoms. The molecule has 1 N–H and O–H groups in total. The third-order valence-electron chi connectivity index (χ3n) is 3.61. The molecule has 6 heteroatoms. The van der Waals surface area contributed by atoms with Gasteiger partial charge in [-0.15, -0.1) is 11.3 Å². The molecule has 118 valence electrons. The lowest BCUT2D eigenvalue weighted by molar-refractivity contribution is 0.0519. The Morgan fingerprint density at radius 1 is 1.62 bits per heavy atom. The summed E-state index contributed by atoms with van der Waals surface area (Å²) in [6.45, 7) is 10.6. The van der Waals surface area contributed by atoms with Crippen LogP contribution in [0.25, 0.3) is 0 Å². The average molecular weight is 311 g/mol. The van der Waals surface area contributed by atoms with Crippen molar-refractivity contribution in [2.24, 2.45) is 5.92 Å². The van der Waals surface area contributed by atoms with E-state index in [0.717, 1.165) is 24.5 Å². The van der Waals surface area contributed by atoms with E-state index in [2.05, 4.69) is 22.1 Å². The van der Waals surface area contributed by atoms with Crippen LogP contribution in [0.3, 0.4) is 0 Å². The van der Waals surface area contributed by atoms with Gasteiger partial charge in [-0.2, -0.15) is 0 Å². The minimum absolute atomic E-state index is 0.325. The topological polar surface area (TPSA) is 54.5 Å². The Hall–Kier alpha value is -1.14. The lowest BCUT2D eigenvalue weighted by Crippen LogP contribution is -2.36. The molecule has 5 nitrogen and oxygen atoms in total. The minimum Gasteiger partial charge on any atom is -0.444 e. The van der Waals surface area contributed by atoms with Crippen LogP contribution < -0.4 is 5.32 Å². The van der Waals surface area contributed by atoms with Crippen molar-refractivity contribution in [1.82, 2.24) is 15.2 Å². The number of ether oxygens (including phenoxy) is 1. The van der Waals surface area contributed by atoms with Gasteiger partial charge >= 0.3 is 6.09 Å². The molecule has 1 aromatic rings. The van der Waals surface area contributed by atoms with Crippen LogP contribution in [0.2, 0.25) is 0 Å². The highest BCUT2D eigenvalue weighted by molar-refractivity contribution is 7.09. The molecule has 1 saturated heterocycles. The van der Waals surface area contributed by atoms with E-state index in [-0.39, 0.29) is 6.09 Å². The predicted molar refractivity (Wildman–Crippen MR) is 84.4 cm³/mol. The molecule has 1 aliphatic rings. The fraction of sp³-hybridized carbons (Fsp3) is 0.733. The van der Waals surface area contributed by atoms with Gasteiger partial charge < -0.3 is 10.1 Å². The van der Waals surface area contributed by atoms with Crippen LogP contribution in [0.5, 0.6) is 0 Å². The molecule has 0 spiro atoms. The zero-order valence-electron chi connectivity index (χ0n) is 13.3. The molecule has 0 aliphatic carbocycles. The van der Waals surface area contributed by atoms with E-state index in [0.29, 0.717) is 18.5 Å². The molecular weight excluding hydrogens is 286 g/mol. The predicted octanol–water partition coefficient (Wildman–Crippen LogP) is 3.05. The fourth-order valence-electron chi connectivity index (χ4n) is 2.52. The first-order valence-corrected chi connectivity index (χ1v) is 8.33. The van der Waals surface area contributed by atoms with Crippen molar-refractivity contribution in [3.63, 3.8) is 0 Å². The number of amides is 1. The fourth-order valence-corrected chi connectivity index (χ4v) is 3.25. The number of rotatable bonds is 4. The normalized spacial score (nSPS) is 21.2. The third-order valence-corrected chi connectivity index (χ3v) is 4.55. The van der Waals surface area contributed by atoms with Gasteiger partial charge in [0, 0.05) is 24.7 Å². The zero-order chi connectivity index (χ0) is 15.5. The van der Waals surface area contributed by atoms with Gasteiger partial charge in [0.2, 0.25) is 0 Å². The van der Waals surface area contributed by atoms with E-state index < -0.39 is 5.60 Å². The Balaban J connectivity index is 1.74. The maximum Gasteiger partial charge on any atom is 0.407 e. The monoisotopic (exact) mass is 311 g/mol. The molecule has 2 rings (SSSR count). The van der Waals surface area contributed by atoms with Gasteiger partial charge in [-0.05, 0) is 46.6 Å². The molecule has 1 aromatic heterocycles. The lowest BCUT2D eigenvalue weighted by Gasteiger charge is -2.23. The second kappa shape index (κ2) is 6.75. The summed E-state index contributed by atoms with van der Waals surface area (Å²) in [6, 6.07) is 0.358. The number of carbonyl (C=O) groups is 1. The number of nitrogens with zero attached hydrogens (tertiary/aromatic N) is 2. The van der Waals surface area contributed by atoms with Gasteiger partial charge in [-0.3, -0.25) is 4.90 Å². The van der Waals surface area contributed by atoms with Crippen LogP contribution in [-0.4, -0.2) is 41.2 Å². The van der Waals surface area contributed by atoms with Gasteiger partial charge in [-0.25, -0.2) is 9.78 Å². The molecule has 1 amide bonds. The van der Waals surface area contributed by atoms with E-state index in [1.54, 1.807) is 11.3 Å². The van der Waals surface area contributed by atoms with Crippen LogP contribution in [-0.2, 0) is 4.74 Å². The van der Waals surface area contributed by atoms with E-state index in [9.17, 15) is 4.79 Å². The summed E-state index contributed by atoms with van der Waals surface area (Å²) >= 11 is 1.70. The number of thiazole rings is 1. The molecular formula is C15H25N3O2S. The maximum absolute atomic E-state index is 11.7. The Labute approximate surface area is 130 Å². The number of nitrogens with one attached hydrogen (secondary N) is 1. The van der Waals surface area contributed by atoms with Gasteiger partial charge in [0.1, 0.15) is 10.6 Å². The van der Waals surface area contributed by atoms with Gasteiger partial charge in [0.15, 0.2) is 0 Å². The highest BCUT2D eigenvalue weighted by Crippen LogP contribution is 2.28. The minimum atomic E-state index is -0.439. The number of likely N-dealkylation sites (tertiary alicyclic amines) is 1. The molecule has 1 fully saturated rings. The van der Waals surface area contributed by atoms with Crippen molar-refractivity contribution in [2.75, 3.05) is 19.6 Å². The summed E-state index contributed by atoms with van der Waals surface area (Å²) < 4.78 is 5.26. The summed E-state index contributed by atoms with van der Waals surface area (Å²) in [6.07, 6.45) is 2.63. The van der Waals surface area contributed by atoms with Crippen molar-refractivity contribution in [2.45, 2.75) is 45.8 Å². The molecule has 1 aliphatic heterocycles. The molecule has 0 radical (unpaired) electrons. The third kappa shape index (κ3) is 4.97. The Morgan fingerprint density at radius 3 is 3.00 bits per heavy atom. The van der Waals surface area contributed by atoms with Gasteiger partial charge in [0.25, 0.3) is 0 Å². The first kappa shape index (κ1) is 16.2. The molecule has 2 heterocycles. The van der Waals surface area contributed by atoms with E-state index in [1.807, 2.05) is 32.3 Å². The molecule has 21 heavy (non-hydrogen) atoms. The number of aromatic nitrogens is 1. The first-order chi connectivity index (χ1) is 9.85. The average Bonchev–Trinajstić information content (AvgIpc) is 3.05. The number of carbonyl (C=O) groups excluding carboxylic acids is 1. The summed E-state index contributed by atoms with van der Waals surface area (Å²) in [5.74, 6) is 0.486. The SMILES string of the molecule is C[C@@H](c1nccs1)N1CC[C@@H](CNC(=O)OC(C)(C)C)C1. The Kier molecular flexibility index (Phi) is 5.22. The highest BCUT2D eigenvalue weighted by Gasteiger charge is 2.28. The van der Waals surface area contributed by atoms with Crippen LogP contribution in [0.4, 0.5) is 4.79 Å². The van der Waals surface area contributed by atoms with Crippen molar-refractivity contribution in [3.05, 3.63) is 16.6 Å².